The van der Waals surface area contributed by atoms with Crippen LogP contribution in [0.25, 0.3) is 0 Å². The maximum atomic E-state index is 11.8. The Labute approximate surface area is 143 Å². The average Bonchev–Trinajstić information content (AvgIpc) is 2.49. The molecule has 1 saturated heterocycles. The van der Waals surface area contributed by atoms with Crippen molar-refractivity contribution >= 4 is 5.91 Å². The van der Waals surface area contributed by atoms with Gasteiger partial charge in [-0.05, 0) is 55.8 Å². The van der Waals surface area contributed by atoms with E-state index in [4.69, 9.17) is 0 Å². The van der Waals surface area contributed by atoms with Gasteiger partial charge in [-0.3, -0.25) is 4.79 Å². The fourth-order valence-corrected chi connectivity index (χ4v) is 4.20. The van der Waals surface area contributed by atoms with Gasteiger partial charge in [0.05, 0.1) is 0 Å². The molecular formula is C20H38N2O. The molecule has 0 spiro atoms. The van der Waals surface area contributed by atoms with Crippen LogP contribution in [0.15, 0.2) is 0 Å². The van der Waals surface area contributed by atoms with Crippen molar-refractivity contribution in [2.24, 2.45) is 23.2 Å². The van der Waals surface area contributed by atoms with Crippen molar-refractivity contribution in [1.82, 2.24) is 10.2 Å². The fraction of sp³-hybridized carbons (Fsp3) is 0.950. The average molecular weight is 323 g/mol. The van der Waals surface area contributed by atoms with Gasteiger partial charge >= 0.3 is 0 Å². The second-order valence-electron chi connectivity index (χ2n) is 9.32. The molecule has 0 aromatic carbocycles. The summed E-state index contributed by atoms with van der Waals surface area (Å²) >= 11 is 0. The van der Waals surface area contributed by atoms with Crippen molar-refractivity contribution in [2.45, 2.75) is 79.2 Å². The van der Waals surface area contributed by atoms with Gasteiger partial charge in [0.1, 0.15) is 0 Å². The van der Waals surface area contributed by atoms with Crippen LogP contribution in [0.2, 0.25) is 0 Å². The van der Waals surface area contributed by atoms with Crippen molar-refractivity contribution in [3.05, 3.63) is 0 Å². The summed E-state index contributed by atoms with van der Waals surface area (Å²) in [4.78, 5) is 14.4. The van der Waals surface area contributed by atoms with Crippen LogP contribution < -0.4 is 5.32 Å². The van der Waals surface area contributed by atoms with Crippen molar-refractivity contribution in [3.63, 3.8) is 0 Å². The summed E-state index contributed by atoms with van der Waals surface area (Å²) in [6.07, 6.45) is 7.88. The zero-order valence-corrected chi connectivity index (χ0v) is 16.0. The third-order valence-corrected chi connectivity index (χ3v) is 6.05. The molecule has 134 valence electrons. The van der Waals surface area contributed by atoms with E-state index in [2.05, 4.69) is 31.0 Å². The number of rotatable bonds is 4. The lowest BCUT2D eigenvalue weighted by Crippen LogP contribution is -2.47. The molecule has 1 aliphatic heterocycles. The van der Waals surface area contributed by atoms with Crippen LogP contribution in [-0.2, 0) is 4.79 Å². The highest BCUT2D eigenvalue weighted by atomic mass is 16.1. The Morgan fingerprint density at radius 2 is 1.61 bits per heavy atom. The molecule has 0 radical (unpaired) electrons. The molecule has 3 heteroatoms. The second-order valence-corrected chi connectivity index (χ2v) is 9.32. The van der Waals surface area contributed by atoms with Crippen molar-refractivity contribution < 1.29 is 4.79 Å². The minimum absolute atomic E-state index is 0.103. The highest BCUT2D eigenvalue weighted by Gasteiger charge is 2.31. The van der Waals surface area contributed by atoms with Gasteiger partial charge < -0.3 is 10.2 Å². The van der Waals surface area contributed by atoms with Gasteiger partial charge in [0.15, 0.2) is 0 Å². The number of hydrogen-bond acceptors (Lipinski definition) is 2. The Morgan fingerprint density at radius 1 is 1.04 bits per heavy atom. The molecule has 0 bridgehead atoms. The van der Waals surface area contributed by atoms with Gasteiger partial charge in [-0.15, -0.1) is 0 Å². The molecule has 2 aliphatic rings. The number of amides is 1. The lowest BCUT2D eigenvalue weighted by atomic mass is 9.70. The number of carbonyl (C=O) groups excluding carboxylic acids is 1. The molecule has 2 rings (SSSR count). The molecular weight excluding hydrogens is 284 g/mol. The Kier molecular flexibility index (Phi) is 6.53. The summed E-state index contributed by atoms with van der Waals surface area (Å²) in [6.45, 7) is 14.7. The van der Waals surface area contributed by atoms with Crippen LogP contribution in [-0.4, -0.2) is 36.5 Å². The summed E-state index contributed by atoms with van der Waals surface area (Å²) in [5.74, 6) is 2.13. The predicted molar refractivity (Wildman–Crippen MR) is 97.3 cm³/mol. The molecule has 0 unspecified atom stereocenters. The molecule has 0 aromatic heterocycles. The number of nitrogens with one attached hydrogen (secondary N) is 1. The third kappa shape index (κ3) is 5.77. The van der Waals surface area contributed by atoms with Crippen LogP contribution >= 0.6 is 0 Å². The first kappa shape index (κ1) is 18.8. The Balaban J connectivity index is 1.66. The standard InChI is InChI=1S/C20H38N2O/c1-15(2)19(23)21-18-10-12-22(13-11-18)14-16-6-8-17(9-7-16)20(3,4)5/h15-18H,6-14H2,1-5H3,(H,21,23). The van der Waals surface area contributed by atoms with Gasteiger partial charge in [-0.1, -0.05) is 34.6 Å². The third-order valence-electron chi connectivity index (χ3n) is 6.05. The van der Waals surface area contributed by atoms with Crippen LogP contribution in [0.4, 0.5) is 0 Å². The minimum Gasteiger partial charge on any atom is -0.353 e. The number of nitrogens with zero attached hydrogens (tertiary/aromatic N) is 1. The van der Waals surface area contributed by atoms with E-state index >= 15 is 0 Å². The molecule has 1 saturated carbocycles. The number of piperidine rings is 1. The molecule has 1 N–H and O–H groups in total. The minimum atomic E-state index is 0.103. The van der Waals surface area contributed by atoms with E-state index in [1.165, 1.54) is 32.2 Å². The zero-order chi connectivity index (χ0) is 17.0. The largest absolute Gasteiger partial charge is 0.353 e. The fourth-order valence-electron chi connectivity index (χ4n) is 4.20. The van der Waals surface area contributed by atoms with E-state index in [-0.39, 0.29) is 11.8 Å². The van der Waals surface area contributed by atoms with Crippen molar-refractivity contribution in [1.29, 1.82) is 0 Å². The second kappa shape index (κ2) is 8.00. The molecule has 1 heterocycles. The summed E-state index contributed by atoms with van der Waals surface area (Å²) in [7, 11) is 0. The predicted octanol–water partition coefficient (Wildman–Crippen LogP) is 4.08. The van der Waals surface area contributed by atoms with Crippen LogP contribution in [0.3, 0.4) is 0 Å². The SMILES string of the molecule is CC(C)C(=O)NC1CCN(CC2CCC(C(C)(C)C)CC2)CC1. The molecule has 3 nitrogen and oxygen atoms in total. The van der Waals surface area contributed by atoms with Crippen molar-refractivity contribution in [2.75, 3.05) is 19.6 Å². The summed E-state index contributed by atoms with van der Waals surface area (Å²) < 4.78 is 0. The molecule has 1 aliphatic carbocycles. The smallest absolute Gasteiger partial charge is 0.222 e. The van der Waals surface area contributed by atoms with Gasteiger partial charge in [0, 0.05) is 31.6 Å². The highest BCUT2D eigenvalue weighted by Crippen LogP contribution is 2.40. The lowest BCUT2D eigenvalue weighted by Gasteiger charge is -2.40. The normalized spacial score (nSPS) is 28.1. The van der Waals surface area contributed by atoms with E-state index in [1.54, 1.807) is 0 Å². The van der Waals surface area contributed by atoms with E-state index in [1.807, 2.05) is 13.8 Å². The Hall–Kier alpha value is -0.570. The zero-order valence-electron chi connectivity index (χ0n) is 16.0. The molecule has 23 heavy (non-hydrogen) atoms. The van der Waals surface area contributed by atoms with E-state index in [0.717, 1.165) is 37.8 Å². The quantitative estimate of drug-likeness (QED) is 0.846. The first-order valence-electron chi connectivity index (χ1n) is 9.78. The first-order chi connectivity index (χ1) is 10.8. The lowest BCUT2D eigenvalue weighted by molar-refractivity contribution is -0.125. The van der Waals surface area contributed by atoms with Gasteiger partial charge in [-0.25, -0.2) is 0 Å². The first-order valence-corrected chi connectivity index (χ1v) is 9.78. The maximum Gasteiger partial charge on any atom is 0.222 e. The van der Waals surface area contributed by atoms with Gasteiger partial charge in [0.2, 0.25) is 5.91 Å². The van der Waals surface area contributed by atoms with E-state index in [0.29, 0.717) is 11.5 Å². The topological polar surface area (TPSA) is 32.3 Å². The van der Waals surface area contributed by atoms with E-state index in [9.17, 15) is 4.79 Å². The Bertz CT molecular complexity index is 370. The summed E-state index contributed by atoms with van der Waals surface area (Å²) in [5.41, 5.74) is 0.484. The van der Waals surface area contributed by atoms with Crippen LogP contribution in [0, 0.1) is 23.2 Å². The molecule has 0 atom stereocenters. The van der Waals surface area contributed by atoms with Gasteiger partial charge in [-0.2, -0.15) is 0 Å². The van der Waals surface area contributed by atoms with E-state index < -0.39 is 0 Å². The summed E-state index contributed by atoms with van der Waals surface area (Å²) in [5, 5.41) is 3.20. The molecule has 0 aromatic rings. The Morgan fingerprint density at radius 3 is 2.09 bits per heavy atom. The molecule has 2 fully saturated rings. The number of carbonyl (C=O) groups is 1. The van der Waals surface area contributed by atoms with Crippen LogP contribution in [0.5, 0.6) is 0 Å². The number of likely N-dealkylation sites (tertiary alicyclic amines) is 1. The monoisotopic (exact) mass is 322 g/mol. The maximum absolute atomic E-state index is 11.8. The van der Waals surface area contributed by atoms with Crippen LogP contribution in [0.1, 0.15) is 73.1 Å². The number of hydrogen-bond donors (Lipinski definition) is 1. The van der Waals surface area contributed by atoms with Crippen molar-refractivity contribution in [3.8, 4) is 0 Å². The molecule has 1 amide bonds. The van der Waals surface area contributed by atoms with Gasteiger partial charge in [0.25, 0.3) is 0 Å². The summed E-state index contributed by atoms with van der Waals surface area (Å²) in [6, 6.07) is 0.401. The highest BCUT2D eigenvalue weighted by molar-refractivity contribution is 5.78.